The van der Waals surface area contributed by atoms with Gasteiger partial charge < -0.3 is 4.42 Å². The lowest BCUT2D eigenvalue weighted by Crippen LogP contribution is -2.25. The highest BCUT2D eigenvalue weighted by Gasteiger charge is 2.07. The number of hydrogen-bond acceptors (Lipinski definition) is 2. The van der Waals surface area contributed by atoms with Crippen LogP contribution in [0.4, 0.5) is 0 Å². The molecule has 4 heteroatoms. The molecule has 84 valence electrons. The Hall–Kier alpha value is -1.25. The number of benzene rings is 1. The third-order valence-electron chi connectivity index (χ3n) is 2.46. The molecule has 0 saturated carbocycles. The molecule has 16 heavy (non-hydrogen) atoms. The van der Waals surface area contributed by atoms with E-state index in [1.807, 2.05) is 30.3 Å². The van der Waals surface area contributed by atoms with Crippen molar-refractivity contribution < 1.29 is 9.21 Å². The SMILES string of the molecule is Cl.Cl.O=C1C=c2oc3ccccc3c2=CC1. The Morgan fingerprint density at radius 1 is 1.12 bits per heavy atom. The Morgan fingerprint density at radius 3 is 2.69 bits per heavy atom. The van der Waals surface area contributed by atoms with Gasteiger partial charge in [-0.2, -0.15) is 0 Å². The molecule has 0 fully saturated rings. The predicted molar refractivity (Wildman–Crippen MR) is 68.5 cm³/mol. The maximum atomic E-state index is 11.2. The van der Waals surface area contributed by atoms with E-state index in [0.29, 0.717) is 11.8 Å². The number of para-hydroxylation sites is 1. The van der Waals surface area contributed by atoms with E-state index in [2.05, 4.69) is 0 Å². The highest BCUT2D eigenvalue weighted by Crippen LogP contribution is 2.08. The Labute approximate surface area is 104 Å². The lowest BCUT2D eigenvalue weighted by atomic mass is 10.1. The average Bonchev–Trinajstić information content (AvgIpc) is 2.54. The molecule has 0 unspecified atom stereocenters. The normalized spacial score (nSPS) is 12.9. The fourth-order valence-electron chi connectivity index (χ4n) is 1.81. The van der Waals surface area contributed by atoms with Crippen LogP contribution in [0.1, 0.15) is 6.42 Å². The van der Waals surface area contributed by atoms with E-state index >= 15 is 0 Å². The highest BCUT2D eigenvalue weighted by molar-refractivity contribution is 6.09. The molecule has 1 aromatic heterocycles. The van der Waals surface area contributed by atoms with Crippen LogP contribution >= 0.6 is 24.8 Å². The van der Waals surface area contributed by atoms with Crippen LogP contribution in [0.2, 0.25) is 0 Å². The summed E-state index contributed by atoms with van der Waals surface area (Å²) in [4.78, 5) is 11.2. The van der Waals surface area contributed by atoms with Crippen LogP contribution in [0.3, 0.4) is 0 Å². The fourth-order valence-corrected chi connectivity index (χ4v) is 1.81. The molecule has 0 radical (unpaired) electrons. The molecule has 3 rings (SSSR count). The number of rotatable bonds is 0. The molecule has 0 aliphatic heterocycles. The van der Waals surface area contributed by atoms with Crippen molar-refractivity contribution in [3.8, 4) is 0 Å². The Balaban J connectivity index is 0.000000640. The zero-order valence-corrected chi connectivity index (χ0v) is 9.94. The highest BCUT2D eigenvalue weighted by atomic mass is 35.5. The standard InChI is InChI=1S/C12H8O2.2ClH/c13-8-5-6-10-9-3-1-2-4-11(9)14-12(10)7-8;;/h1-4,6-7H,5H2;2*1H. The Bertz CT molecular complexity index is 641. The number of furan rings is 1. The third kappa shape index (κ3) is 1.86. The quantitative estimate of drug-likeness (QED) is 0.720. The van der Waals surface area contributed by atoms with E-state index in [-0.39, 0.29) is 30.6 Å². The van der Waals surface area contributed by atoms with Crippen molar-refractivity contribution in [2.75, 3.05) is 0 Å². The van der Waals surface area contributed by atoms with Crippen LogP contribution in [-0.2, 0) is 4.79 Å². The van der Waals surface area contributed by atoms with E-state index in [9.17, 15) is 4.79 Å². The number of fused-ring (bicyclic) bond motifs is 3. The van der Waals surface area contributed by atoms with Crippen molar-refractivity contribution in [3.63, 3.8) is 0 Å². The Morgan fingerprint density at radius 2 is 1.88 bits per heavy atom. The third-order valence-corrected chi connectivity index (χ3v) is 2.46. The smallest absolute Gasteiger partial charge is 0.163 e. The first-order chi connectivity index (χ1) is 6.84. The van der Waals surface area contributed by atoms with Crippen LogP contribution in [-0.4, -0.2) is 5.78 Å². The molecule has 2 aromatic rings. The minimum atomic E-state index is 0. The molecule has 0 atom stereocenters. The van der Waals surface area contributed by atoms with Gasteiger partial charge in [-0.1, -0.05) is 24.3 Å². The van der Waals surface area contributed by atoms with Gasteiger partial charge in [0.2, 0.25) is 0 Å². The molecule has 1 aromatic carbocycles. The van der Waals surface area contributed by atoms with Gasteiger partial charge in [0.05, 0.1) is 0 Å². The molecule has 0 saturated heterocycles. The molecule has 1 heterocycles. The summed E-state index contributed by atoms with van der Waals surface area (Å²) >= 11 is 0. The van der Waals surface area contributed by atoms with Crippen molar-refractivity contribution in [1.29, 1.82) is 0 Å². The van der Waals surface area contributed by atoms with Gasteiger partial charge in [0.25, 0.3) is 0 Å². The molecule has 2 nitrogen and oxygen atoms in total. The lowest BCUT2D eigenvalue weighted by molar-refractivity contribution is -0.112. The van der Waals surface area contributed by atoms with Crippen molar-refractivity contribution in [2.45, 2.75) is 6.42 Å². The van der Waals surface area contributed by atoms with E-state index < -0.39 is 0 Å². The van der Waals surface area contributed by atoms with Gasteiger partial charge in [-0.05, 0) is 6.07 Å². The zero-order chi connectivity index (χ0) is 9.54. The predicted octanol–water partition coefficient (Wildman–Crippen LogP) is 1.81. The first-order valence-electron chi connectivity index (χ1n) is 4.57. The van der Waals surface area contributed by atoms with Crippen LogP contribution in [0.15, 0.2) is 28.7 Å². The van der Waals surface area contributed by atoms with Gasteiger partial charge in [0.15, 0.2) is 5.78 Å². The van der Waals surface area contributed by atoms with E-state index in [0.717, 1.165) is 16.2 Å². The van der Waals surface area contributed by atoms with Gasteiger partial charge in [-0.25, -0.2) is 0 Å². The summed E-state index contributed by atoms with van der Waals surface area (Å²) in [6, 6.07) is 7.83. The number of Topliss-reactive ketones (excluding diaryl/α,β-unsaturated/α-hetero) is 1. The maximum absolute atomic E-state index is 11.2. The molecular weight excluding hydrogens is 247 g/mol. The zero-order valence-electron chi connectivity index (χ0n) is 8.30. The van der Waals surface area contributed by atoms with Gasteiger partial charge in [0, 0.05) is 23.1 Å². The van der Waals surface area contributed by atoms with Gasteiger partial charge in [-0.15, -0.1) is 24.8 Å². The molecule has 0 bridgehead atoms. The average molecular weight is 257 g/mol. The van der Waals surface area contributed by atoms with Crippen LogP contribution in [0.25, 0.3) is 23.1 Å². The summed E-state index contributed by atoms with van der Waals surface area (Å²) in [6.45, 7) is 0. The molecule has 1 aliphatic rings. The van der Waals surface area contributed by atoms with Crippen molar-refractivity contribution in [2.24, 2.45) is 0 Å². The van der Waals surface area contributed by atoms with Crippen LogP contribution in [0.5, 0.6) is 0 Å². The molecule has 1 aliphatic carbocycles. The minimum absolute atomic E-state index is 0. The van der Waals surface area contributed by atoms with Crippen LogP contribution < -0.4 is 10.6 Å². The first-order valence-corrected chi connectivity index (χ1v) is 4.57. The largest absolute Gasteiger partial charge is 0.456 e. The number of carbonyl (C=O) groups is 1. The molecule has 0 N–H and O–H groups in total. The summed E-state index contributed by atoms with van der Waals surface area (Å²) in [6.07, 6.45) is 4.00. The summed E-state index contributed by atoms with van der Waals surface area (Å²) in [5.74, 6) is 0.108. The second kappa shape index (κ2) is 4.73. The van der Waals surface area contributed by atoms with E-state index in [1.54, 1.807) is 6.08 Å². The summed E-state index contributed by atoms with van der Waals surface area (Å²) in [7, 11) is 0. The molecule has 0 spiro atoms. The monoisotopic (exact) mass is 256 g/mol. The minimum Gasteiger partial charge on any atom is -0.456 e. The number of halogens is 2. The van der Waals surface area contributed by atoms with Crippen LogP contribution in [0, 0.1) is 0 Å². The van der Waals surface area contributed by atoms with E-state index in [1.165, 1.54) is 0 Å². The fraction of sp³-hybridized carbons (Fsp3) is 0.0833. The van der Waals surface area contributed by atoms with Gasteiger partial charge in [-0.3, -0.25) is 4.79 Å². The summed E-state index contributed by atoms with van der Waals surface area (Å²) in [5, 5.41) is 2.14. The van der Waals surface area contributed by atoms with Crippen molar-refractivity contribution in [1.82, 2.24) is 0 Å². The lowest BCUT2D eigenvalue weighted by Gasteiger charge is -1.91. The Kier molecular flexibility index (Phi) is 3.79. The molecule has 0 amide bonds. The van der Waals surface area contributed by atoms with Gasteiger partial charge in [0.1, 0.15) is 11.0 Å². The maximum Gasteiger partial charge on any atom is 0.163 e. The topological polar surface area (TPSA) is 30.2 Å². The second-order valence-electron chi connectivity index (χ2n) is 3.40. The summed E-state index contributed by atoms with van der Waals surface area (Å²) < 4.78 is 5.55. The van der Waals surface area contributed by atoms with Gasteiger partial charge >= 0.3 is 0 Å². The van der Waals surface area contributed by atoms with E-state index in [4.69, 9.17) is 4.42 Å². The van der Waals surface area contributed by atoms with Crippen molar-refractivity contribution >= 4 is 53.7 Å². The van der Waals surface area contributed by atoms with Crippen molar-refractivity contribution in [3.05, 3.63) is 34.9 Å². The number of carbonyl (C=O) groups excluding carboxylic acids is 1. The first kappa shape index (κ1) is 12.8. The summed E-state index contributed by atoms with van der Waals surface area (Å²) in [5.41, 5.74) is 1.54. The molecular formula is C12H10Cl2O2. The second-order valence-corrected chi connectivity index (χ2v) is 3.40. The number of ketones is 1. The number of hydrogen-bond donors (Lipinski definition) is 0.